The van der Waals surface area contributed by atoms with Gasteiger partial charge in [0.15, 0.2) is 0 Å². The van der Waals surface area contributed by atoms with Crippen LogP contribution in [0.3, 0.4) is 0 Å². The highest BCUT2D eigenvalue weighted by molar-refractivity contribution is 5.90. The van der Waals surface area contributed by atoms with Gasteiger partial charge in [-0.15, -0.1) is 0 Å². The number of aryl methyl sites for hydroxylation is 1. The highest BCUT2D eigenvalue weighted by Crippen LogP contribution is 2.30. The van der Waals surface area contributed by atoms with E-state index in [0.29, 0.717) is 17.5 Å². The molecule has 1 atom stereocenters. The smallest absolute Gasteiger partial charge is 0.310 e. The molecule has 1 unspecified atom stereocenters. The Bertz CT molecular complexity index is 574. The number of hydrogen-bond acceptors (Lipinski definition) is 1. The molecule has 1 N–H and O–H groups in total. The van der Waals surface area contributed by atoms with Crippen molar-refractivity contribution in [2.45, 2.75) is 26.3 Å². The Hall–Kier alpha value is -1.84. The molecule has 0 radical (unpaired) electrons. The Balaban J connectivity index is 2.75. The van der Waals surface area contributed by atoms with Gasteiger partial charge in [-0.05, 0) is 31.5 Å². The lowest BCUT2D eigenvalue weighted by molar-refractivity contribution is -0.138. The average molecular weight is 235 g/mol. The molecule has 90 valence electrons. The molecule has 0 amide bonds. The summed E-state index contributed by atoms with van der Waals surface area (Å²) in [5.41, 5.74) is 1.28. The first kappa shape index (κ1) is 11.6. The number of aliphatic carboxylic acids is 1. The maximum atomic E-state index is 13.8. The minimum atomic E-state index is -0.941. The van der Waals surface area contributed by atoms with Crippen LogP contribution in [-0.4, -0.2) is 15.6 Å². The van der Waals surface area contributed by atoms with Gasteiger partial charge in [0, 0.05) is 18.1 Å². The Kier molecular flexibility index (Phi) is 2.88. The molecule has 1 aromatic heterocycles. The van der Waals surface area contributed by atoms with E-state index in [0.717, 1.165) is 5.52 Å². The van der Waals surface area contributed by atoms with Crippen molar-refractivity contribution in [3.05, 3.63) is 35.8 Å². The van der Waals surface area contributed by atoms with E-state index in [1.54, 1.807) is 25.3 Å². The van der Waals surface area contributed by atoms with Crippen molar-refractivity contribution >= 4 is 16.9 Å². The molecule has 1 aromatic carbocycles. The number of aromatic nitrogens is 1. The first-order chi connectivity index (χ1) is 8.06. The van der Waals surface area contributed by atoms with Gasteiger partial charge in [0.25, 0.3) is 0 Å². The normalized spacial score (nSPS) is 12.9. The van der Waals surface area contributed by atoms with E-state index in [9.17, 15) is 9.18 Å². The number of carbonyl (C=O) groups is 1. The molecule has 2 aromatic rings. The van der Waals surface area contributed by atoms with Gasteiger partial charge in [-0.3, -0.25) is 4.79 Å². The summed E-state index contributed by atoms with van der Waals surface area (Å²) in [6.07, 6.45) is 1.73. The molecule has 0 aliphatic heterocycles. The van der Waals surface area contributed by atoms with Gasteiger partial charge in [-0.1, -0.05) is 6.07 Å². The zero-order chi connectivity index (χ0) is 12.6. The monoisotopic (exact) mass is 235 g/mol. The van der Waals surface area contributed by atoms with Gasteiger partial charge in [0.2, 0.25) is 0 Å². The number of rotatable bonds is 3. The van der Waals surface area contributed by atoms with Crippen LogP contribution in [0.2, 0.25) is 0 Å². The molecule has 0 bridgehead atoms. The van der Waals surface area contributed by atoms with E-state index in [2.05, 4.69) is 0 Å². The third-order valence-corrected chi connectivity index (χ3v) is 3.06. The second-order valence-corrected chi connectivity index (χ2v) is 4.06. The molecule has 0 saturated carbocycles. The number of benzene rings is 1. The van der Waals surface area contributed by atoms with Crippen molar-refractivity contribution in [2.75, 3.05) is 0 Å². The predicted molar refractivity (Wildman–Crippen MR) is 63.6 cm³/mol. The van der Waals surface area contributed by atoms with Crippen LogP contribution in [-0.2, 0) is 11.3 Å². The third kappa shape index (κ3) is 1.79. The zero-order valence-electron chi connectivity index (χ0n) is 9.77. The predicted octanol–water partition coefficient (Wildman–Crippen LogP) is 2.99. The standard InChI is InChI=1S/C13H14FNO2/c1-3-15-7-9(8(2)13(16)17)12-10(14)5-4-6-11(12)15/h4-8H,3H2,1-2H3,(H,16,17). The van der Waals surface area contributed by atoms with Gasteiger partial charge in [0.05, 0.1) is 11.4 Å². The second-order valence-electron chi connectivity index (χ2n) is 4.06. The summed E-state index contributed by atoms with van der Waals surface area (Å²) in [5.74, 6) is -2.01. The van der Waals surface area contributed by atoms with E-state index in [1.165, 1.54) is 6.07 Å². The number of carboxylic acid groups (broad SMARTS) is 1. The summed E-state index contributed by atoms with van der Waals surface area (Å²) < 4.78 is 15.7. The summed E-state index contributed by atoms with van der Waals surface area (Å²) >= 11 is 0. The van der Waals surface area contributed by atoms with Crippen LogP contribution in [0.1, 0.15) is 25.3 Å². The topological polar surface area (TPSA) is 42.2 Å². The average Bonchev–Trinajstić information content (AvgIpc) is 2.68. The summed E-state index contributed by atoms with van der Waals surface area (Å²) in [7, 11) is 0. The van der Waals surface area contributed by atoms with Crippen LogP contribution >= 0.6 is 0 Å². The van der Waals surface area contributed by atoms with Gasteiger partial charge >= 0.3 is 5.97 Å². The summed E-state index contributed by atoms with van der Waals surface area (Å²) in [6, 6.07) is 4.80. The van der Waals surface area contributed by atoms with Crippen LogP contribution in [0.15, 0.2) is 24.4 Å². The quantitative estimate of drug-likeness (QED) is 0.888. The first-order valence-corrected chi connectivity index (χ1v) is 5.56. The van der Waals surface area contributed by atoms with Crippen molar-refractivity contribution in [1.29, 1.82) is 0 Å². The Morgan fingerprint density at radius 2 is 2.24 bits per heavy atom. The van der Waals surface area contributed by atoms with Crippen molar-refractivity contribution in [3.8, 4) is 0 Å². The van der Waals surface area contributed by atoms with E-state index in [4.69, 9.17) is 5.11 Å². The number of halogens is 1. The van der Waals surface area contributed by atoms with Crippen LogP contribution in [0, 0.1) is 5.82 Å². The highest BCUT2D eigenvalue weighted by atomic mass is 19.1. The lowest BCUT2D eigenvalue weighted by Crippen LogP contribution is -2.07. The van der Waals surface area contributed by atoms with E-state index in [-0.39, 0.29) is 5.82 Å². The zero-order valence-corrected chi connectivity index (χ0v) is 9.77. The van der Waals surface area contributed by atoms with Crippen LogP contribution in [0.25, 0.3) is 10.9 Å². The number of nitrogens with zero attached hydrogens (tertiary/aromatic N) is 1. The molecule has 0 spiro atoms. The number of hydrogen-bond donors (Lipinski definition) is 1. The van der Waals surface area contributed by atoms with Crippen molar-refractivity contribution in [2.24, 2.45) is 0 Å². The van der Waals surface area contributed by atoms with Gasteiger partial charge < -0.3 is 9.67 Å². The number of fused-ring (bicyclic) bond motifs is 1. The van der Waals surface area contributed by atoms with Crippen LogP contribution in [0.5, 0.6) is 0 Å². The molecule has 17 heavy (non-hydrogen) atoms. The highest BCUT2D eigenvalue weighted by Gasteiger charge is 2.21. The Morgan fingerprint density at radius 3 is 2.82 bits per heavy atom. The fourth-order valence-electron chi connectivity index (χ4n) is 2.06. The molecule has 3 nitrogen and oxygen atoms in total. The maximum Gasteiger partial charge on any atom is 0.310 e. The lowest BCUT2D eigenvalue weighted by atomic mass is 10.0. The minimum absolute atomic E-state index is 0.363. The SMILES string of the molecule is CCn1cc(C(C)C(=O)O)c2c(F)cccc21. The van der Waals surface area contributed by atoms with Crippen molar-refractivity contribution in [3.63, 3.8) is 0 Å². The molecule has 0 aliphatic carbocycles. The van der Waals surface area contributed by atoms with Crippen LogP contribution < -0.4 is 0 Å². The fourth-order valence-corrected chi connectivity index (χ4v) is 2.06. The van der Waals surface area contributed by atoms with Crippen molar-refractivity contribution < 1.29 is 14.3 Å². The first-order valence-electron chi connectivity index (χ1n) is 5.56. The molecule has 0 fully saturated rings. The summed E-state index contributed by atoms with van der Waals surface area (Å²) in [4.78, 5) is 11.0. The lowest BCUT2D eigenvalue weighted by Gasteiger charge is -2.04. The van der Waals surface area contributed by atoms with E-state index < -0.39 is 11.9 Å². The summed E-state index contributed by atoms with van der Waals surface area (Å²) in [5, 5.41) is 9.46. The maximum absolute atomic E-state index is 13.8. The van der Waals surface area contributed by atoms with Crippen molar-refractivity contribution in [1.82, 2.24) is 4.57 Å². The Labute approximate surface area is 98.5 Å². The van der Waals surface area contributed by atoms with Gasteiger partial charge in [-0.2, -0.15) is 0 Å². The van der Waals surface area contributed by atoms with Gasteiger partial charge in [0.1, 0.15) is 5.82 Å². The molecule has 2 rings (SSSR count). The molecule has 1 heterocycles. The second kappa shape index (κ2) is 4.20. The molecular weight excluding hydrogens is 221 g/mol. The molecular formula is C13H14FNO2. The fraction of sp³-hybridized carbons (Fsp3) is 0.308. The minimum Gasteiger partial charge on any atom is -0.481 e. The van der Waals surface area contributed by atoms with E-state index in [1.807, 2.05) is 11.5 Å². The third-order valence-electron chi connectivity index (χ3n) is 3.06. The molecule has 4 heteroatoms. The van der Waals surface area contributed by atoms with Gasteiger partial charge in [-0.25, -0.2) is 4.39 Å². The van der Waals surface area contributed by atoms with E-state index >= 15 is 0 Å². The summed E-state index contributed by atoms with van der Waals surface area (Å²) in [6.45, 7) is 4.20. The molecule has 0 aliphatic rings. The largest absolute Gasteiger partial charge is 0.481 e. The number of carboxylic acids is 1. The molecule has 0 saturated heterocycles. The van der Waals surface area contributed by atoms with Crippen LogP contribution in [0.4, 0.5) is 4.39 Å². The Morgan fingerprint density at radius 1 is 1.53 bits per heavy atom.